The number of amides is 2. The molecule has 0 spiro atoms. The van der Waals surface area contributed by atoms with Crippen LogP contribution in [0.5, 0.6) is 5.75 Å². The summed E-state index contributed by atoms with van der Waals surface area (Å²) < 4.78 is 29.2. The maximum absolute atomic E-state index is 12.4. The van der Waals surface area contributed by atoms with Crippen molar-refractivity contribution in [2.45, 2.75) is 27.4 Å². The number of para-hydroxylation sites is 2. The number of aryl methyl sites for hydroxylation is 3. The topological polar surface area (TPSA) is 79.5 Å². The van der Waals surface area contributed by atoms with E-state index >= 15 is 0 Å². The summed E-state index contributed by atoms with van der Waals surface area (Å²) >= 11 is 0. The second kappa shape index (κ2) is 9.68. The van der Waals surface area contributed by atoms with Crippen LogP contribution in [-0.2, 0) is 9.59 Å². The van der Waals surface area contributed by atoms with Gasteiger partial charge in [0.05, 0.1) is 18.8 Å². The van der Waals surface area contributed by atoms with Crippen LogP contribution in [-0.4, -0.2) is 31.5 Å². The van der Waals surface area contributed by atoms with Crippen LogP contribution in [0, 0.1) is 20.8 Å². The Hall–Kier alpha value is -3.16. The number of carbonyl (C=O) groups is 2. The highest BCUT2D eigenvalue weighted by Gasteiger charge is 2.12. The van der Waals surface area contributed by atoms with Gasteiger partial charge in [-0.05, 0) is 44.0 Å². The van der Waals surface area contributed by atoms with E-state index in [9.17, 15) is 18.4 Å². The van der Waals surface area contributed by atoms with Crippen molar-refractivity contribution in [2.24, 2.45) is 0 Å². The molecule has 0 unspecified atom stereocenters. The first kappa shape index (κ1) is 21.1. The maximum Gasteiger partial charge on any atom is 0.387 e. The molecule has 2 aromatic rings. The van der Waals surface area contributed by atoms with Gasteiger partial charge in [0, 0.05) is 5.69 Å². The van der Waals surface area contributed by atoms with Crippen molar-refractivity contribution in [1.82, 2.24) is 5.32 Å². The Morgan fingerprint density at radius 3 is 2.29 bits per heavy atom. The lowest BCUT2D eigenvalue weighted by Crippen LogP contribution is -2.36. The standard InChI is InChI=1S/C20H23F2N3O3/c1-12-8-13(2)19(14(3)9-12)25-18(27)11-24-17(26)10-23-15-6-4-5-7-16(15)28-20(21)22/h4-9,20,23H,10-11H2,1-3H3,(H,24,26)(H,25,27). The third-order valence-corrected chi connectivity index (χ3v) is 3.93. The minimum Gasteiger partial charge on any atom is -0.433 e. The van der Waals surface area contributed by atoms with Crippen LogP contribution >= 0.6 is 0 Å². The molecule has 0 atom stereocenters. The fourth-order valence-electron chi connectivity index (χ4n) is 2.79. The molecule has 0 aliphatic heterocycles. The molecular formula is C20H23F2N3O3. The first-order valence-electron chi connectivity index (χ1n) is 8.68. The lowest BCUT2D eigenvalue weighted by Gasteiger charge is -2.14. The quantitative estimate of drug-likeness (QED) is 0.645. The predicted octanol–water partition coefficient (Wildman–Crippen LogP) is 3.38. The fraction of sp³-hybridized carbons (Fsp3) is 0.300. The van der Waals surface area contributed by atoms with E-state index in [1.165, 1.54) is 12.1 Å². The van der Waals surface area contributed by atoms with Crippen LogP contribution in [0.1, 0.15) is 16.7 Å². The molecule has 0 bridgehead atoms. The maximum atomic E-state index is 12.4. The summed E-state index contributed by atoms with van der Waals surface area (Å²) in [6.45, 7) is 2.41. The second-order valence-corrected chi connectivity index (χ2v) is 6.33. The number of alkyl halides is 2. The van der Waals surface area contributed by atoms with E-state index in [0.29, 0.717) is 0 Å². The van der Waals surface area contributed by atoms with Gasteiger partial charge in [-0.15, -0.1) is 0 Å². The second-order valence-electron chi connectivity index (χ2n) is 6.33. The smallest absolute Gasteiger partial charge is 0.387 e. The SMILES string of the molecule is Cc1cc(C)c(NC(=O)CNC(=O)CNc2ccccc2OC(F)F)c(C)c1. The number of rotatable bonds is 8. The van der Waals surface area contributed by atoms with Gasteiger partial charge in [-0.2, -0.15) is 8.78 Å². The zero-order valence-electron chi connectivity index (χ0n) is 15.9. The summed E-state index contributed by atoms with van der Waals surface area (Å²) in [6.07, 6.45) is 0. The van der Waals surface area contributed by atoms with E-state index in [0.717, 1.165) is 22.4 Å². The highest BCUT2D eigenvalue weighted by atomic mass is 19.3. The summed E-state index contributed by atoms with van der Waals surface area (Å²) in [5.74, 6) is -0.877. The zero-order valence-corrected chi connectivity index (χ0v) is 15.9. The van der Waals surface area contributed by atoms with Gasteiger partial charge in [0.25, 0.3) is 0 Å². The average Bonchev–Trinajstić information content (AvgIpc) is 2.61. The van der Waals surface area contributed by atoms with Crippen LogP contribution in [0.2, 0.25) is 0 Å². The molecule has 2 amide bonds. The molecule has 28 heavy (non-hydrogen) atoms. The Morgan fingerprint density at radius 2 is 1.64 bits per heavy atom. The number of ether oxygens (including phenoxy) is 1. The molecular weight excluding hydrogens is 368 g/mol. The first-order valence-corrected chi connectivity index (χ1v) is 8.68. The minimum atomic E-state index is -2.96. The van der Waals surface area contributed by atoms with Crippen LogP contribution in [0.25, 0.3) is 0 Å². The van der Waals surface area contributed by atoms with Crippen molar-refractivity contribution < 1.29 is 23.1 Å². The molecule has 0 heterocycles. The summed E-state index contributed by atoms with van der Waals surface area (Å²) in [5, 5.41) is 7.98. The van der Waals surface area contributed by atoms with Crippen LogP contribution < -0.4 is 20.7 Å². The van der Waals surface area contributed by atoms with Gasteiger partial charge in [-0.1, -0.05) is 29.8 Å². The van der Waals surface area contributed by atoms with E-state index < -0.39 is 12.5 Å². The molecule has 0 aromatic heterocycles. The van der Waals surface area contributed by atoms with Crippen LogP contribution in [0.15, 0.2) is 36.4 Å². The third-order valence-electron chi connectivity index (χ3n) is 3.93. The molecule has 2 rings (SSSR count). The Morgan fingerprint density at radius 1 is 1.00 bits per heavy atom. The van der Waals surface area contributed by atoms with E-state index in [1.54, 1.807) is 12.1 Å². The van der Waals surface area contributed by atoms with Crippen LogP contribution in [0.4, 0.5) is 20.2 Å². The highest BCUT2D eigenvalue weighted by Crippen LogP contribution is 2.25. The Labute approximate surface area is 162 Å². The van der Waals surface area contributed by atoms with Crippen LogP contribution in [0.3, 0.4) is 0 Å². The van der Waals surface area contributed by atoms with E-state index in [-0.39, 0.29) is 30.4 Å². The number of carbonyl (C=O) groups excluding carboxylic acids is 2. The Balaban J connectivity index is 1.84. The Kier molecular flexibility index (Phi) is 7.31. The van der Waals surface area contributed by atoms with Gasteiger partial charge < -0.3 is 20.7 Å². The zero-order chi connectivity index (χ0) is 20.7. The number of hydrogen-bond donors (Lipinski definition) is 3. The molecule has 0 radical (unpaired) electrons. The highest BCUT2D eigenvalue weighted by molar-refractivity contribution is 5.96. The molecule has 0 aliphatic carbocycles. The lowest BCUT2D eigenvalue weighted by molar-refractivity contribution is -0.122. The largest absolute Gasteiger partial charge is 0.433 e. The van der Waals surface area contributed by atoms with E-state index in [4.69, 9.17) is 0 Å². The van der Waals surface area contributed by atoms with Crippen molar-refractivity contribution in [3.05, 3.63) is 53.1 Å². The lowest BCUT2D eigenvalue weighted by atomic mass is 10.1. The van der Waals surface area contributed by atoms with Crippen molar-refractivity contribution in [2.75, 3.05) is 23.7 Å². The summed E-state index contributed by atoms with van der Waals surface area (Å²) in [7, 11) is 0. The predicted molar refractivity (Wildman–Crippen MR) is 104 cm³/mol. The molecule has 6 nitrogen and oxygen atoms in total. The monoisotopic (exact) mass is 391 g/mol. The molecule has 150 valence electrons. The first-order chi connectivity index (χ1) is 13.3. The normalized spacial score (nSPS) is 10.5. The summed E-state index contributed by atoms with van der Waals surface area (Å²) in [6, 6.07) is 9.97. The molecule has 2 aromatic carbocycles. The molecule has 0 fully saturated rings. The van der Waals surface area contributed by atoms with Crippen molar-refractivity contribution >= 4 is 23.2 Å². The molecule has 0 aliphatic rings. The van der Waals surface area contributed by atoms with Crippen molar-refractivity contribution in [3.8, 4) is 5.75 Å². The van der Waals surface area contributed by atoms with Gasteiger partial charge in [0.1, 0.15) is 5.75 Å². The molecule has 3 N–H and O–H groups in total. The number of anilines is 2. The number of nitrogens with one attached hydrogen (secondary N) is 3. The minimum absolute atomic E-state index is 0.0617. The van der Waals surface area contributed by atoms with E-state index in [2.05, 4.69) is 20.7 Å². The van der Waals surface area contributed by atoms with Crippen molar-refractivity contribution in [3.63, 3.8) is 0 Å². The van der Waals surface area contributed by atoms with Gasteiger partial charge >= 0.3 is 6.61 Å². The van der Waals surface area contributed by atoms with Gasteiger partial charge in [0.2, 0.25) is 11.8 Å². The van der Waals surface area contributed by atoms with Crippen molar-refractivity contribution in [1.29, 1.82) is 0 Å². The van der Waals surface area contributed by atoms with Gasteiger partial charge in [0.15, 0.2) is 0 Å². The van der Waals surface area contributed by atoms with Gasteiger partial charge in [-0.25, -0.2) is 0 Å². The van der Waals surface area contributed by atoms with E-state index in [1.807, 2.05) is 32.9 Å². The summed E-state index contributed by atoms with van der Waals surface area (Å²) in [5.41, 5.74) is 3.96. The number of hydrogen-bond acceptors (Lipinski definition) is 4. The fourth-order valence-corrected chi connectivity index (χ4v) is 2.79. The number of benzene rings is 2. The summed E-state index contributed by atoms with van der Waals surface area (Å²) in [4.78, 5) is 24.0. The molecule has 8 heteroatoms. The third kappa shape index (κ3) is 6.22. The number of halogens is 2. The molecule has 0 saturated carbocycles. The Bertz CT molecular complexity index is 833. The average molecular weight is 391 g/mol. The molecule has 0 saturated heterocycles. The van der Waals surface area contributed by atoms with Gasteiger partial charge in [-0.3, -0.25) is 9.59 Å².